The second-order valence-electron chi connectivity index (χ2n) is 11.6. The molecular formula is C34H40N6O3. The van der Waals surface area contributed by atoms with Crippen LogP contribution in [0.2, 0.25) is 0 Å². The number of aromatic nitrogens is 3. The lowest BCUT2D eigenvalue weighted by atomic mass is 10.2. The van der Waals surface area contributed by atoms with Gasteiger partial charge in [0.25, 0.3) is 0 Å². The summed E-state index contributed by atoms with van der Waals surface area (Å²) < 4.78 is 13.6. The van der Waals surface area contributed by atoms with E-state index in [1.54, 1.807) is 19.4 Å². The van der Waals surface area contributed by atoms with Crippen molar-refractivity contribution in [2.24, 2.45) is 0 Å². The molecule has 224 valence electrons. The Morgan fingerprint density at radius 1 is 1.07 bits per heavy atom. The summed E-state index contributed by atoms with van der Waals surface area (Å²) in [6, 6.07) is 18.6. The summed E-state index contributed by atoms with van der Waals surface area (Å²) in [7, 11) is 3.79. The normalized spacial score (nSPS) is 16.8. The number of fused-ring (bicyclic) bond motifs is 1. The van der Waals surface area contributed by atoms with Gasteiger partial charge in [-0.1, -0.05) is 35.9 Å². The third-order valence-electron chi connectivity index (χ3n) is 8.32. The Bertz CT molecular complexity index is 1580. The van der Waals surface area contributed by atoms with E-state index in [2.05, 4.69) is 24.2 Å². The van der Waals surface area contributed by atoms with E-state index in [9.17, 15) is 4.79 Å². The van der Waals surface area contributed by atoms with Crippen LogP contribution >= 0.6 is 0 Å². The van der Waals surface area contributed by atoms with Gasteiger partial charge < -0.3 is 19.7 Å². The summed E-state index contributed by atoms with van der Waals surface area (Å²) in [6.45, 7) is 4.76. The topological polar surface area (TPSA) is 84.8 Å². The van der Waals surface area contributed by atoms with Crippen LogP contribution in [-0.4, -0.2) is 76.3 Å². The summed E-state index contributed by atoms with van der Waals surface area (Å²) in [4.78, 5) is 22.1. The first kappa shape index (κ1) is 28.7. The number of amides is 1. The maximum Gasteiger partial charge on any atom is 0.246 e. The molecule has 0 spiro atoms. The number of carbonyl (C=O) groups excluding carboxylic acids is 1. The second-order valence-corrected chi connectivity index (χ2v) is 11.6. The van der Waals surface area contributed by atoms with Gasteiger partial charge in [-0.2, -0.15) is 5.10 Å². The highest BCUT2D eigenvalue weighted by atomic mass is 16.5. The number of hydrogen-bond donors (Lipinski definition) is 1. The molecule has 2 aromatic heterocycles. The molecule has 1 atom stereocenters. The van der Waals surface area contributed by atoms with Gasteiger partial charge in [0.05, 0.1) is 13.7 Å². The summed E-state index contributed by atoms with van der Waals surface area (Å²) in [5, 5.41) is 9.36. The first-order valence-corrected chi connectivity index (χ1v) is 15.1. The molecule has 9 nitrogen and oxygen atoms in total. The van der Waals surface area contributed by atoms with Gasteiger partial charge in [-0.3, -0.25) is 9.69 Å². The van der Waals surface area contributed by atoms with E-state index in [1.165, 1.54) is 18.4 Å². The minimum atomic E-state index is 0.0773. The van der Waals surface area contributed by atoms with Crippen LogP contribution in [0.5, 0.6) is 17.2 Å². The van der Waals surface area contributed by atoms with Crippen LogP contribution in [0, 0.1) is 6.92 Å². The van der Waals surface area contributed by atoms with E-state index in [-0.39, 0.29) is 11.9 Å². The number of hydrogen-bond acceptors (Lipinski definition) is 7. The standard InChI is InChI=1S/C34H40N6O3/c1-24-8-14-29(15-9-24)43-30-18-19-35-34-32(30)33(37-40(34)23-25-10-16-28(42-3)17-11-25)36-22-27-6-4-21-39(27)31(41)7-5-20-38(2)26-12-13-26/h5,7-11,14-19,26-27H,4,6,12-13,20-23H2,1-3H3,(H,36,37)/b7-5+/t27-/m0/s1. The largest absolute Gasteiger partial charge is 0.497 e. The molecule has 1 saturated carbocycles. The Kier molecular flexibility index (Phi) is 8.60. The van der Waals surface area contributed by atoms with Crippen LogP contribution < -0.4 is 14.8 Å². The molecule has 0 unspecified atom stereocenters. The molecule has 43 heavy (non-hydrogen) atoms. The lowest BCUT2D eigenvalue weighted by Crippen LogP contribution is -2.38. The summed E-state index contributed by atoms with van der Waals surface area (Å²) in [6.07, 6.45) is 9.96. The van der Waals surface area contributed by atoms with Crippen molar-refractivity contribution in [3.05, 3.63) is 84.1 Å². The lowest BCUT2D eigenvalue weighted by Gasteiger charge is -2.24. The quantitative estimate of drug-likeness (QED) is 0.217. The average Bonchev–Trinajstić information content (AvgIpc) is 3.67. The summed E-state index contributed by atoms with van der Waals surface area (Å²) in [5.74, 6) is 3.01. The fourth-order valence-electron chi connectivity index (χ4n) is 5.66. The van der Waals surface area contributed by atoms with E-state index >= 15 is 0 Å². The molecule has 0 bridgehead atoms. The predicted octanol–water partition coefficient (Wildman–Crippen LogP) is 5.64. The van der Waals surface area contributed by atoms with Crippen LogP contribution in [0.15, 0.2) is 72.9 Å². The first-order chi connectivity index (χ1) is 21.0. The number of aryl methyl sites for hydroxylation is 1. The van der Waals surface area contributed by atoms with Gasteiger partial charge in [0, 0.05) is 50.1 Å². The molecule has 9 heteroatoms. The number of benzene rings is 2. The molecule has 1 aliphatic heterocycles. The van der Waals surface area contributed by atoms with Crippen LogP contribution in [-0.2, 0) is 11.3 Å². The third kappa shape index (κ3) is 6.83. The summed E-state index contributed by atoms with van der Waals surface area (Å²) in [5.41, 5.74) is 2.97. The van der Waals surface area contributed by atoms with Crippen molar-refractivity contribution in [1.29, 1.82) is 0 Å². The van der Waals surface area contributed by atoms with Crippen LogP contribution in [0.25, 0.3) is 11.0 Å². The first-order valence-electron chi connectivity index (χ1n) is 15.1. The van der Waals surface area contributed by atoms with Crippen LogP contribution in [0.1, 0.15) is 36.8 Å². The van der Waals surface area contributed by atoms with Gasteiger partial charge in [0.1, 0.15) is 22.6 Å². The Hall–Kier alpha value is -4.37. The third-order valence-corrected chi connectivity index (χ3v) is 8.32. The number of rotatable bonds is 12. The Labute approximate surface area is 253 Å². The van der Waals surface area contributed by atoms with Crippen molar-refractivity contribution < 1.29 is 14.3 Å². The smallest absolute Gasteiger partial charge is 0.246 e. The average molecular weight is 581 g/mol. The van der Waals surface area contributed by atoms with Gasteiger partial charge in [-0.25, -0.2) is 9.67 Å². The molecule has 3 heterocycles. The number of ether oxygens (including phenoxy) is 2. The number of carbonyl (C=O) groups is 1. The summed E-state index contributed by atoms with van der Waals surface area (Å²) >= 11 is 0. The number of likely N-dealkylation sites (tertiary alicyclic amines) is 1. The van der Waals surface area contributed by atoms with Crippen molar-refractivity contribution in [2.45, 2.75) is 51.2 Å². The lowest BCUT2D eigenvalue weighted by molar-refractivity contribution is -0.126. The highest BCUT2D eigenvalue weighted by molar-refractivity contribution is 5.93. The molecule has 0 radical (unpaired) electrons. The van der Waals surface area contributed by atoms with Gasteiger partial charge in [0.2, 0.25) is 5.91 Å². The van der Waals surface area contributed by atoms with Gasteiger partial charge in [0.15, 0.2) is 11.5 Å². The number of nitrogens with zero attached hydrogens (tertiary/aromatic N) is 5. The SMILES string of the molecule is COc1ccc(Cn2nc(NC[C@@H]3CCCN3C(=O)/C=C/CN(C)C3CC3)c3c(Oc4ccc(C)cc4)ccnc32)cc1. The van der Waals surface area contributed by atoms with Gasteiger partial charge in [-0.05, 0) is 69.5 Å². The fourth-order valence-corrected chi connectivity index (χ4v) is 5.66. The molecule has 2 aliphatic rings. The fraction of sp³-hybridized carbons (Fsp3) is 0.382. The van der Waals surface area contributed by atoms with E-state index in [4.69, 9.17) is 19.6 Å². The van der Waals surface area contributed by atoms with Crippen molar-refractivity contribution >= 4 is 22.8 Å². The number of anilines is 1. The molecule has 4 aromatic rings. The second kappa shape index (κ2) is 12.9. The zero-order valence-corrected chi connectivity index (χ0v) is 25.2. The van der Waals surface area contributed by atoms with E-state index in [0.717, 1.165) is 54.0 Å². The van der Waals surface area contributed by atoms with Gasteiger partial charge in [-0.15, -0.1) is 0 Å². The number of pyridine rings is 1. The van der Waals surface area contributed by atoms with E-state index < -0.39 is 0 Å². The van der Waals surface area contributed by atoms with Crippen molar-refractivity contribution in [3.8, 4) is 17.2 Å². The van der Waals surface area contributed by atoms with Crippen LogP contribution in [0.3, 0.4) is 0 Å². The van der Waals surface area contributed by atoms with Gasteiger partial charge >= 0.3 is 0 Å². The zero-order chi connectivity index (χ0) is 29.8. The maximum absolute atomic E-state index is 13.1. The Morgan fingerprint density at radius 3 is 2.58 bits per heavy atom. The maximum atomic E-state index is 13.1. The number of methoxy groups -OCH3 is 1. The molecule has 1 amide bonds. The molecular weight excluding hydrogens is 540 g/mol. The van der Waals surface area contributed by atoms with Crippen molar-refractivity contribution in [3.63, 3.8) is 0 Å². The zero-order valence-electron chi connectivity index (χ0n) is 25.2. The molecule has 2 fully saturated rings. The Morgan fingerprint density at radius 2 is 1.84 bits per heavy atom. The minimum Gasteiger partial charge on any atom is -0.497 e. The molecule has 2 aromatic carbocycles. The molecule has 1 aliphatic carbocycles. The van der Waals surface area contributed by atoms with E-state index in [0.29, 0.717) is 30.7 Å². The predicted molar refractivity (Wildman–Crippen MR) is 169 cm³/mol. The van der Waals surface area contributed by atoms with Crippen LogP contribution in [0.4, 0.5) is 5.82 Å². The van der Waals surface area contributed by atoms with E-state index in [1.807, 2.05) is 70.3 Å². The monoisotopic (exact) mass is 580 g/mol. The Balaban J connectivity index is 1.23. The molecule has 6 rings (SSSR count). The highest BCUT2D eigenvalue weighted by Crippen LogP contribution is 2.35. The number of nitrogens with one attached hydrogen (secondary N) is 1. The minimum absolute atomic E-state index is 0.0773. The number of likely N-dealkylation sites (N-methyl/N-ethyl adjacent to an activating group) is 1. The van der Waals surface area contributed by atoms with Crippen molar-refractivity contribution in [1.82, 2.24) is 24.6 Å². The highest BCUT2D eigenvalue weighted by Gasteiger charge is 2.29. The van der Waals surface area contributed by atoms with Crippen molar-refractivity contribution in [2.75, 3.05) is 39.1 Å². The molecule has 1 N–H and O–H groups in total. The molecule has 1 saturated heterocycles.